The summed E-state index contributed by atoms with van der Waals surface area (Å²) >= 11 is 0. The molecule has 1 aliphatic rings. The van der Waals surface area contributed by atoms with Crippen molar-refractivity contribution in [2.75, 3.05) is 26.2 Å². The number of hydrogen-bond donors (Lipinski definition) is 1. The molecule has 1 amide bonds. The highest BCUT2D eigenvalue weighted by atomic mass is 16.2. The van der Waals surface area contributed by atoms with E-state index in [0.29, 0.717) is 23.9 Å². The van der Waals surface area contributed by atoms with Crippen LogP contribution in [0.15, 0.2) is 30.5 Å². The summed E-state index contributed by atoms with van der Waals surface area (Å²) in [5.74, 6) is 0.211. The van der Waals surface area contributed by atoms with Crippen molar-refractivity contribution >= 4 is 22.6 Å². The van der Waals surface area contributed by atoms with E-state index in [1.165, 1.54) is 0 Å². The van der Waals surface area contributed by atoms with Crippen molar-refractivity contribution in [1.29, 1.82) is 0 Å². The van der Waals surface area contributed by atoms with Crippen LogP contribution in [0.2, 0.25) is 0 Å². The highest BCUT2D eigenvalue weighted by Crippen LogP contribution is 2.25. The number of likely N-dealkylation sites (tertiary alicyclic amines) is 1. The van der Waals surface area contributed by atoms with Gasteiger partial charge in [-0.1, -0.05) is 32.0 Å². The fourth-order valence-corrected chi connectivity index (χ4v) is 4.14. The standard InChI is InChI=1S/C23H33N3O2/c1-16(2)14-25-11-9-18(10-12-25)13-24-23(28)22(27)20-15-26(17(3)4)21-8-6-5-7-19(20)21/h5-8,15-18H,9-14H2,1-4H3,(H,24,28). The Kier molecular flexibility index (Phi) is 6.55. The first kappa shape index (κ1) is 20.6. The predicted molar refractivity (Wildman–Crippen MR) is 114 cm³/mol. The summed E-state index contributed by atoms with van der Waals surface area (Å²) in [4.78, 5) is 27.8. The summed E-state index contributed by atoms with van der Waals surface area (Å²) in [6, 6.07) is 8.01. The van der Waals surface area contributed by atoms with Crippen LogP contribution in [-0.2, 0) is 4.79 Å². The molecule has 0 spiro atoms. The van der Waals surface area contributed by atoms with Gasteiger partial charge in [0.2, 0.25) is 0 Å². The lowest BCUT2D eigenvalue weighted by molar-refractivity contribution is -0.117. The zero-order valence-electron chi connectivity index (χ0n) is 17.6. The molecule has 0 aliphatic carbocycles. The van der Waals surface area contributed by atoms with Gasteiger partial charge in [-0.05, 0) is 57.7 Å². The quantitative estimate of drug-likeness (QED) is 0.583. The van der Waals surface area contributed by atoms with Crippen LogP contribution in [0, 0.1) is 11.8 Å². The van der Waals surface area contributed by atoms with E-state index in [-0.39, 0.29) is 6.04 Å². The number of aromatic nitrogens is 1. The summed E-state index contributed by atoms with van der Waals surface area (Å²) in [5, 5.41) is 3.74. The first-order valence-corrected chi connectivity index (χ1v) is 10.5. The van der Waals surface area contributed by atoms with Crippen LogP contribution in [0.4, 0.5) is 0 Å². The maximum Gasteiger partial charge on any atom is 0.292 e. The van der Waals surface area contributed by atoms with E-state index in [1.54, 1.807) is 0 Å². The minimum Gasteiger partial charge on any atom is -0.349 e. The first-order valence-electron chi connectivity index (χ1n) is 10.5. The zero-order chi connectivity index (χ0) is 20.3. The second-order valence-electron chi connectivity index (χ2n) is 8.74. The average Bonchev–Trinajstić information content (AvgIpc) is 3.06. The summed E-state index contributed by atoms with van der Waals surface area (Å²) in [7, 11) is 0. The van der Waals surface area contributed by atoms with E-state index < -0.39 is 11.7 Å². The lowest BCUT2D eigenvalue weighted by atomic mass is 9.96. The Morgan fingerprint density at radius 2 is 1.79 bits per heavy atom. The van der Waals surface area contributed by atoms with E-state index in [4.69, 9.17) is 0 Å². The number of Topliss-reactive ketones (excluding diaryl/α,β-unsaturated/α-hetero) is 1. The molecule has 2 heterocycles. The van der Waals surface area contributed by atoms with Crippen molar-refractivity contribution in [3.05, 3.63) is 36.0 Å². The van der Waals surface area contributed by atoms with E-state index in [2.05, 4.69) is 42.5 Å². The van der Waals surface area contributed by atoms with E-state index in [9.17, 15) is 9.59 Å². The largest absolute Gasteiger partial charge is 0.349 e. The summed E-state index contributed by atoms with van der Waals surface area (Å²) < 4.78 is 2.06. The second-order valence-corrected chi connectivity index (χ2v) is 8.74. The normalized spacial score (nSPS) is 16.2. The van der Waals surface area contributed by atoms with Crippen LogP contribution in [-0.4, -0.2) is 47.3 Å². The van der Waals surface area contributed by atoms with Crippen LogP contribution >= 0.6 is 0 Å². The SMILES string of the molecule is CC(C)CN1CCC(CNC(=O)C(=O)c2cn(C(C)C)c3ccccc23)CC1. The second kappa shape index (κ2) is 8.91. The Bertz CT molecular complexity index is 829. The van der Waals surface area contributed by atoms with Crippen LogP contribution in [0.5, 0.6) is 0 Å². The number of benzene rings is 1. The molecule has 0 saturated carbocycles. The molecule has 2 aromatic rings. The number of piperidine rings is 1. The number of nitrogens with one attached hydrogen (secondary N) is 1. The summed E-state index contributed by atoms with van der Waals surface area (Å²) in [5.41, 5.74) is 1.49. The Morgan fingerprint density at radius 1 is 1.11 bits per heavy atom. The maximum absolute atomic E-state index is 12.8. The molecule has 5 heteroatoms. The van der Waals surface area contributed by atoms with Crippen molar-refractivity contribution in [3.63, 3.8) is 0 Å². The molecular formula is C23H33N3O2. The van der Waals surface area contributed by atoms with Gasteiger partial charge in [-0.15, -0.1) is 0 Å². The number of ketones is 1. The molecule has 1 fully saturated rings. The summed E-state index contributed by atoms with van der Waals surface area (Å²) in [6.07, 6.45) is 3.98. The molecule has 28 heavy (non-hydrogen) atoms. The van der Waals surface area contributed by atoms with Gasteiger partial charge in [0, 0.05) is 36.2 Å². The predicted octanol–water partition coefficient (Wildman–Crippen LogP) is 3.89. The molecule has 3 rings (SSSR count). The van der Waals surface area contributed by atoms with E-state index in [0.717, 1.165) is 43.4 Å². The third-order valence-electron chi connectivity index (χ3n) is 5.63. The molecular weight excluding hydrogens is 350 g/mol. The van der Waals surface area contributed by atoms with Crippen LogP contribution in [0.25, 0.3) is 10.9 Å². The molecule has 1 aromatic carbocycles. The number of fused-ring (bicyclic) bond motifs is 1. The highest BCUT2D eigenvalue weighted by molar-refractivity contribution is 6.45. The smallest absolute Gasteiger partial charge is 0.292 e. The molecule has 1 aromatic heterocycles. The van der Waals surface area contributed by atoms with E-state index >= 15 is 0 Å². The van der Waals surface area contributed by atoms with Crippen molar-refractivity contribution in [3.8, 4) is 0 Å². The van der Waals surface area contributed by atoms with Gasteiger partial charge in [-0.2, -0.15) is 0 Å². The average molecular weight is 384 g/mol. The Hall–Kier alpha value is -2.14. The topological polar surface area (TPSA) is 54.3 Å². The number of amides is 1. The van der Waals surface area contributed by atoms with Gasteiger partial charge in [0.15, 0.2) is 0 Å². The molecule has 1 N–H and O–H groups in total. The van der Waals surface area contributed by atoms with Gasteiger partial charge in [0.05, 0.1) is 5.56 Å². The molecule has 1 saturated heterocycles. The summed E-state index contributed by atoms with van der Waals surface area (Å²) in [6.45, 7) is 12.5. The number of hydrogen-bond acceptors (Lipinski definition) is 3. The molecule has 0 unspecified atom stereocenters. The van der Waals surface area contributed by atoms with Gasteiger partial charge >= 0.3 is 0 Å². The van der Waals surface area contributed by atoms with Crippen molar-refractivity contribution in [1.82, 2.24) is 14.8 Å². The van der Waals surface area contributed by atoms with Gasteiger partial charge < -0.3 is 14.8 Å². The van der Waals surface area contributed by atoms with Gasteiger partial charge in [-0.25, -0.2) is 0 Å². The lowest BCUT2D eigenvalue weighted by Gasteiger charge is -2.32. The Morgan fingerprint density at radius 3 is 2.43 bits per heavy atom. The van der Waals surface area contributed by atoms with Gasteiger partial charge in [0.1, 0.15) is 0 Å². The number of nitrogens with zero attached hydrogens (tertiary/aromatic N) is 2. The van der Waals surface area contributed by atoms with Crippen LogP contribution < -0.4 is 5.32 Å². The molecule has 0 radical (unpaired) electrons. The highest BCUT2D eigenvalue weighted by Gasteiger charge is 2.24. The third kappa shape index (κ3) is 4.64. The minimum absolute atomic E-state index is 0.227. The van der Waals surface area contributed by atoms with E-state index in [1.807, 2.05) is 30.5 Å². The zero-order valence-corrected chi connectivity index (χ0v) is 17.6. The molecule has 0 atom stereocenters. The number of para-hydroxylation sites is 1. The molecule has 1 aliphatic heterocycles. The van der Waals surface area contributed by atoms with Crippen LogP contribution in [0.3, 0.4) is 0 Å². The lowest BCUT2D eigenvalue weighted by Crippen LogP contribution is -2.41. The fraction of sp³-hybridized carbons (Fsp3) is 0.565. The number of carbonyl (C=O) groups is 2. The number of rotatable bonds is 7. The van der Waals surface area contributed by atoms with Crippen molar-refractivity contribution < 1.29 is 9.59 Å². The molecule has 152 valence electrons. The van der Waals surface area contributed by atoms with Gasteiger partial charge in [0.25, 0.3) is 11.7 Å². The monoisotopic (exact) mass is 383 g/mol. The molecule has 5 nitrogen and oxygen atoms in total. The minimum atomic E-state index is -0.490. The third-order valence-corrected chi connectivity index (χ3v) is 5.63. The maximum atomic E-state index is 12.8. The van der Waals surface area contributed by atoms with Crippen molar-refractivity contribution in [2.45, 2.75) is 46.6 Å². The van der Waals surface area contributed by atoms with Gasteiger partial charge in [-0.3, -0.25) is 9.59 Å². The molecule has 0 bridgehead atoms. The Labute approximate surface area is 168 Å². The van der Waals surface area contributed by atoms with Crippen molar-refractivity contribution in [2.24, 2.45) is 11.8 Å². The number of carbonyl (C=O) groups excluding carboxylic acids is 2. The Balaban J connectivity index is 1.60. The fourth-order valence-electron chi connectivity index (χ4n) is 4.14. The van der Waals surface area contributed by atoms with Crippen LogP contribution in [0.1, 0.15) is 56.9 Å². The first-order chi connectivity index (χ1) is 13.4.